The monoisotopic (exact) mass is 218 g/mol. The quantitative estimate of drug-likeness (QED) is 0.777. The highest BCUT2D eigenvalue weighted by Crippen LogP contribution is 2.22. The first-order valence-corrected chi connectivity index (χ1v) is 5.71. The van der Waals surface area contributed by atoms with Crippen LogP contribution in [0.25, 0.3) is 0 Å². The van der Waals surface area contributed by atoms with Crippen LogP contribution in [0, 0.1) is 13.8 Å². The molecule has 0 aromatic heterocycles. The molecule has 1 unspecified atom stereocenters. The molecule has 1 aromatic carbocycles. The molecule has 0 spiro atoms. The second-order valence-corrected chi connectivity index (χ2v) is 4.46. The lowest BCUT2D eigenvalue weighted by molar-refractivity contribution is -0.121. The number of piperazine rings is 1. The fourth-order valence-corrected chi connectivity index (χ4v) is 2.17. The molecule has 1 atom stereocenters. The molecule has 16 heavy (non-hydrogen) atoms. The van der Waals surface area contributed by atoms with E-state index < -0.39 is 0 Å². The van der Waals surface area contributed by atoms with Crippen molar-refractivity contribution in [3.8, 4) is 0 Å². The van der Waals surface area contributed by atoms with Gasteiger partial charge in [-0.3, -0.25) is 4.79 Å². The molecule has 1 aromatic rings. The van der Waals surface area contributed by atoms with Gasteiger partial charge in [-0.05, 0) is 32.4 Å². The maximum Gasteiger partial charge on any atom is 0.243 e. The molecule has 0 bridgehead atoms. The summed E-state index contributed by atoms with van der Waals surface area (Å²) in [6.45, 7) is 7.66. The van der Waals surface area contributed by atoms with E-state index in [1.54, 1.807) is 0 Å². The largest absolute Gasteiger partial charge is 0.310 e. The molecule has 1 fully saturated rings. The molecule has 1 aliphatic heterocycles. The number of aryl methyl sites for hydroxylation is 2. The van der Waals surface area contributed by atoms with Crippen LogP contribution in [0.5, 0.6) is 0 Å². The summed E-state index contributed by atoms with van der Waals surface area (Å²) in [5.74, 6) is 0.165. The number of hydrogen-bond donors (Lipinski definition) is 1. The standard InChI is InChI=1S/C13H18N2O/c1-9-4-5-12(10(2)8-9)15-7-6-14-11(3)13(15)16/h4-5,8,11,14H,6-7H2,1-3H3. The Bertz CT molecular complexity index is 414. The number of benzene rings is 1. The Labute approximate surface area is 96.5 Å². The molecule has 2 rings (SSSR count). The Morgan fingerprint density at radius 2 is 2.12 bits per heavy atom. The Balaban J connectivity index is 2.32. The number of carbonyl (C=O) groups is 1. The van der Waals surface area contributed by atoms with Crippen LogP contribution < -0.4 is 10.2 Å². The molecule has 1 N–H and O–H groups in total. The number of nitrogens with zero attached hydrogens (tertiary/aromatic N) is 1. The summed E-state index contributed by atoms with van der Waals surface area (Å²) in [7, 11) is 0. The van der Waals surface area contributed by atoms with Gasteiger partial charge in [0.2, 0.25) is 5.91 Å². The number of hydrogen-bond acceptors (Lipinski definition) is 2. The minimum Gasteiger partial charge on any atom is -0.310 e. The third-order valence-electron chi connectivity index (χ3n) is 3.07. The SMILES string of the molecule is Cc1ccc(N2CCNC(C)C2=O)c(C)c1. The smallest absolute Gasteiger partial charge is 0.243 e. The molecular weight excluding hydrogens is 200 g/mol. The van der Waals surface area contributed by atoms with Crippen molar-refractivity contribution < 1.29 is 4.79 Å². The van der Waals surface area contributed by atoms with Gasteiger partial charge in [0.1, 0.15) is 0 Å². The predicted molar refractivity (Wildman–Crippen MR) is 65.7 cm³/mol. The first-order chi connectivity index (χ1) is 7.59. The molecule has 1 heterocycles. The molecule has 0 aliphatic carbocycles. The van der Waals surface area contributed by atoms with Crippen molar-refractivity contribution in [2.24, 2.45) is 0 Å². The fourth-order valence-electron chi connectivity index (χ4n) is 2.17. The van der Waals surface area contributed by atoms with Crippen molar-refractivity contribution in [1.29, 1.82) is 0 Å². The predicted octanol–water partition coefficient (Wildman–Crippen LogP) is 1.63. The van der Waals surface area contributed by atoms with Gasteiger partial charge >= 0.3 is 0 Å². The van der Waals surface area contributed by atoms with Crippen molar-refractivity contribution in [3.05, 3.63) is 29.3 Å². The minimum atomic E-state index is -0.0746. The van der Waals surface area contributed by atoms with Crippen molar-refractivity contribution in [2.75, 3.05) is 18.0 Å². The van der Waals surface area contributed by atoms with E-state index in [1.165, 1.54) is 11.1 Å². The maximum absolute atomic E-state index is 12.0. The zero-order chi connectivity index (χ0) is 11.7. The topological polar surface area (TPSA) is 32.3 Å². The van der Waals surface area contributed by atoms with E-state index in [0.717, 1.165) is 18.8 Å². The van der Waals surface area contributed by atoms with Crippen LogP contribution in [0.15, 0.2) is 18.2 Å². The van der Waals surface area contributed by atoms with Gasteiger partial charge in [0.05, 0.1) is 6.04 Å². The first kappa shape index (κ1) is 11.1. The van der Waals surface area contributed by atoms with Gasteiger partial charge in [-0.15, -0.1) is 0 Å². The van der Waals surface area contributed by atoms with Crippen molar-refractivity contribution in [2.45, 2.75) is 26.8 Å². The van der Waals surface area contributed by atoms with Gasteiger partial charge < -0.3 is 10.2 Å². The third kappa shape index (κ3) is 1.95. The van der Waals surface area contributed by atoms with Crippen LogP contribution in [0.3, 0.4) is 0 Å². The molecule has 1 aliphatic rings. The lowest BCUT2D eigenvalue weighted by atomic mass is 10.1. The van der Waals surface area contributed by atoms with Gasteiger partial charge in [-0.25, -0.2) is 0 Å². The van der Waals surface area contributed by atoms with Crippen molar-refractivity contribution in [3.63, 3.8) is 0 Å². The molecule has 0 radical (unpaired) electrons. The molecule has 3 nitrogen and oxygen atoms in total. The number of anilines is 1. The normalized spacial score (nSPS) is 21.3. The highest BCUT2D eigenvalue weighted by Gasteiger charge is 2.26. The number of carbonyl (C=O) groups excluding carboxylic acids is 1. The summed E-state index contributed by atoms with van der Waals surface area (Å²) in [5, 5.41) is 3.17. The van der Waals surface area contributed by atoms with Crippen LogP contribution in [0.4, 0.5) is 5.69 Å². The van der Waals surface area contributed by atoms with Crippen LogP contribution in [0.2, 0.25) is 0 Å². The Kier molecular flexibility index (Phi) is 2.97. The van der Waals surface area contributed by atoms with Gasteiger partial charge in [-0.2, -0.15) is 0 Å². The Morgan fingerprint density at radius 1 is 1.38 bits per heavy atom. The molecule has 1 saturated heterocycles. The van der Waals surface area contributed by atoms with Crippen LogP contribution in [0.1, 0.15) is 18.1 Å². The first-order valence-electron chi connectivity index (χ1n) is 5.71. The summed E-state index contributed by atoms with van der Waals surface area (Å²) in [4.78, 5) is 13.9. The highest BCUT2D eigenvalue weighted by atomic mass is 16.2. The maximum atomic E-state index is 12.0. The van der Waals surface area contributed by atoms with Crippen LogP contribution in [-0.4, -0.2) is 25.0 Å². The van der Waals surface area contributed by atoms with E-state index in [0.29, 0.717) is 0 Å². The Morgan fingerprint density at radius 3 is 2.81 bits per heavy atom. The summed E-state index contributed by atoms with van der Waals surface area (Å²) >= 11 is 0. The molecule has 1 amide bonds. The van der Waals surface area contributed by atoms with E-state index in [1.807, 2.05) is 17.9 Å². The number of nitrogens with one attached hydrogen (secondary N) is 1. The summed E-state index contributed by atoms with van der Waals surface area (Å²) in [6, 6.07) is 6.15. The lowest BCUT2D eigenvalue weighted by Gasteiger charge is -2.32. The summed E-state index contributed by atoms with van der Waals surface area (Å²) in [5.41, 5.74) is 3.45. The van der Waals surface area contributed by atoms with Gasteiger partial charge in [-0.1, -0.05) is 17.7 Å². The van der Waals surface area contributed by atoms with E-state index >= 15 is 0 Å². The zero-order valence-corrected chi connectivity index (χ0v) is 10.1. The molecular formula is C13H18N2O. The van der Waals surface area contributed by atoms with E-state index in [9.17, 15) is 4.79 Å². The van der Waals surface area contributed by atoms with Crippen LogP contribution in [-0.2, 0) is 4.79 Å². The number of rotatable bonds is 1. The molecule has 86 valence electrons. The minimum absolute atomic E-state index is 0.0746. The molecule has 3 heteroatoms. The van der Waals surface area contributed by atoms with Gasteiger partial charge in [0, 0.05) is 18.8 Å². The third-order valence-corrected chi connectivity index (χ3v) is 3.07. The van der Waals surface area contributed by atoms with Crippen molar-refractivity contribution in [1.82, 2.24) is 5.32 Å². The second kappa shape index (κ2) is 4.26. The molecule has 0 saturated carbocycles. The van der Waals surface area contributed by atoms with E-state index in [4.69, 9.17) is 0 Å². The summed E-state index contributed by atoms with van der Waals surface area (Å²) in [6.07, 6.45) is 0. The van der Waals surface area contributed by atoms with Crippen molar-refractivity contribution >= 4 is 11.6 Å². The Hall–Kier alpha value is -1.35. The lowest BCUT2D eigenvalue weighted by Crippen LogP contribution is -2.54. The second-order valence-electron chi connectivity index (χ2n) is 4.46. The highest BCUT2D eigenvalue weighted by molar-refractivity contribution is 5.98. The van der Waals surface area contributed by atoms with Gasteiger partial charge in [0.25, 0.3) is 0 Å². The average Bonchev–Trinajstić information content (AvgIpc) is 2.23. The van der Waals surface area contributed by atoms with E-state index in [-0.39, 0.29) is 11.9 Å². The average molecular weight is 218 g/mol. The fraction of sp³-hybridized carbons (Fsp3) is 0.462. The number of amides is 1. The zero-order valence-electron chi connectivity index (χ0n) is 10.1. The van der Waals surface area contributed by atoms with Crippen LogP contribution >= 0.6 is 0 Å². The summed E-state index contributed by atoms with van der Waals surface area (Å²) < 4.78 is 0. The van der Waals surface area contributed by atoms with E-state index in [2.05, 4.69) is 31.3 Å². The van der Waals surface area contributed by atoms with Gasteiger partial charge in [0.15, 0.2) is 0 Å².